The molecule has 0 saturated carbocycles. The van der Waals surface area contributed by atoms with Crippen LogP contribution in [0, 0.1) is 18.3 Å². The molecule has 1 aromatic heterocycles. The predicted molar refractivity (Wildman–Crippen MR) is 104 cm³/mol. The second kappa shape index (κ2) is 7.52. The van der Waals surface area contributed by atoms with E-state index in [1.807, 2.05) is 6.07 Å². The lowest BCUT2D eigenvalue weighted by Gasteiger charge is -2.10. The Morgan fingerprint density at radius 2 is 1.97 bits per heavy atom. The molecule has 0 aliphatic carbocycles. The molecule has 0 atom stereocenters. The summed E-state index contributed by atoms with van der Waals surface area (Å²) < 4.78 is 50.8. The number of rotatable bonds is 3. The van der Waals surface area contributed by atoms with Crippen LogP contribution in [0.25, 0.3) is 5.69 Å². The van der Waals surface area contributed by atoms with E-state index in [0.29, 0.717) is 11.5 Å². The van der Waals surface area contributed by atoms with Gasteiger partial charge in [0.25, 0.3) is 5.91 Å². The van der Waals surface area contributed by atoms with Crippen molar-refractivity contribution >= 4 is 23.2 Å². The fraction of sp³-hybridized carbons (Fsp3) is 0.150. The number of amides is 1. The van der Waals surface area contributed by atoms with Gasteiger partial charge in [0.2, 0.25) is 6.79 Å². The van der Waals surface area contributed by atoms with Crippen molar-refractivity contribution in [3.8, 4) is 23.3 Å². The molecule has 2 heterocycles. The normalized spacial score (nSPS) is 12.5. The third-order valence-corrected chi connectivity index (χ3v) is 5.00. The molecular formula is C20H12ClF3N4O3. The molecule has 1 N–H and O–H groups in total. The van der Waals surface area contributed by atoms with Crippen LogP contribution < -0.4 is 14.8 Å². The Labute approximate surface area is 178 Å². The number of hydrogen-bond donors (Lipinski definition) is 1. The number of nitrogens with one attached hydrogen (secondary N) is 1. The molecule has 0 radical (unpaired) electrons. The van der Waals surface area contributed by atoms with Crippen molar-refractivity contribution < 1.29 is 27.4 Å². The number of carbonyl (C=O) groups is 1. The Hall–Kier alpha value is -3.71. The molecule has 0 spiro atoms. The first kappa shape index (κ1) is 20.6. The maximum Gasteiger partial charge on any atom is 0.436 e. The molecule has 7 nitrogen and oxygen atoms in total. The number of anilines is 1. The maximum absolute atomic E-state index is 13.1. The third-order valence-electron chi connectivity index (χ3n) is 4.55. The lowest BCUT2D eigenvalue weighted by atomic mass is 10.1. The van der Waals surface area contributed by atoms with Gasteiger partial charge in [0.1, 0.15) is 6.07 Å². The minimum absolute atomic E-state index is 0.00530. The standard InChI is InChI=1S/C20H12ClF3N4O3/c1-10-17(21)18(20(22,23)24)27-28(10)13-4-2-3-11(5-13)19(29)26-14-7-16-15(30-9-31-16)6-12(14)8-25/h2-7H,9H2,1H3,(H,26,29). The van der Waals surface area contributed by atoms with Gasteiger partial charge in [-0.3, -0.25) is 4.79 Å². The summed E-state index contributed by atoms with van der Waals surface area (Å²) >= 11 is 5.80. The Kier molecular flexibility index (Phi) is 4.99. The van der Waals surface area contributed by atoms with Crippen LogP contribution >= 0.6 is 11.6 Å². The van der Waals surface area contributed by atoms with Gasteiger partial charge in [-0.15, -0.1) is 0 Å². The van der Waals surface area contributed by atoms with Gasteiger partial charge in [0.05, 0.1) is 27.7 Å². The number of alkyl halides is 3. The minimum Gasteiger partial charge on any atom is -0.454 e. The molecule has 1 amide bonds. The number of nitriles is 1. The van der Waals surface area contributed by atoms with Crippen molar-refractivity contribution in [3.63, 3.8) is 0 Å². The average molecular weight is 449 g/mol. The Balaban J connectivity index is 1.66. The molecule has 11 heteroatoms. The number of hydrogen-bond acceptors (Lipinski definition) is 5. The summed E-state index contributed by atoms with van der Waals surface area (Å²) in [5, 5.41) is 15.0. The highest BCUT2D eigenvalue weighted by molar-refractivity contribution is 6.32. The van der Waals surface area contributed by atoms with Crippen molar-refractivity contribution in [2.75, 3.05) is 12.1 Å². The zero-order valence-corrected chi connectivity index (χ0v) is 16.5. The molecule has 1 aliphatic rings. The van der Waals surface area contributed by atoms with Crippen LogP contribution in [0.2, 0.25) is 5.02 Å². The number of aromatic nitrogens is 2. The summed E-state index contributed by atoms with van der Waals surface area (Å²) in [4.78, 5) is 12.8. The summed E-state index contributed by atoms with van der Waals surface area (Å²) in [5.41, 5.74) is -0.403. The van der Waals surface area contributed by atoms with E-state index in [1.165, 1.54) is 43.3 Å². The molecule has 4 rings (SSSR count). The highest BCUT2D eigenvalue weighted by Gasteiger charge is 2.38. The lowest BCUT2D eigenvalue weighted by molar-refractivity contribution is -0.141. The van der Waals surface area contributed by atoms with Crippen LogP contribution in [0.1, 0.15) is 27.3 Å². The molecule has 158 valence electrons. The molecule has 1 aliphatic heterocycles. The molecule has 2 aromatic carbocycles. The van der Waals surface area contributed by atoms with Crippen molar-refractivity contribution in [1.29, 1.82) is 5.26 Å². The summed E-state index contributed by atoms with van der Waals surface area (Å²) in [5.74, 6) is 0.191. The second-order valence-corrected chi connectivity index (χ2v) is 6.90. The van der Waals surface area contributed by atoms with Gasteiger partial charge in [-0.1, -0.05) is 17.7 Å². The second-order valence-electron chi connectivity index (χ2n) is 6.52. The van der Waals surface area contributed by atoms with Crippen LogP contribution in [0.5, 0.6) is 11.5 Å². The van der Waals surface area contributed by atoms with Crippen molar-refractivity contribution in [2.24, 2.45) is 0 Å². The van der Waals surface area contributed by atoms with E-state index in [-0.39, 0.29) is 35.0 Å². The van der Waals surface area contributed by atoms with E-state index in [9.17, 15) is 23.2 Å². The van der Waals surface area contributed by atoms with Crippen molar-refractivity contribution in [1.82, 2.24) is 9.78 Å². The zero-order chi connectivity index (χ0) is 22.3. The SMILES string of the molecule is Cc1c(Cl)c(C(F)(F)F)nn1-c1cccc(C(=O)Nc2cc3c(cc2C#N)OCO3)c1. The topological polar surface area (TPSA) is 89.2 Å². The van der Waals surface area contributed by atoms with E-state index in [2.05, 4.69) is 10.4 Å². The smallest absolute Gasteiger partial charge is 0.436 e. The van der Waals surface area contributed by atoms with Gasteiger partial charge in [-0.2, -0.15) is 23.5 Å². The van der Waals surface area contributed by atoms with Gasteiger partial charge in [0.15, 0.2) is 17.2 Å². The Bertz CT molecular complexity index is 1250. The van der Waals surface area contributed by atoms with Crippen LogP contribution in [0.15, 0.2) is 36.4 Å². The Morgan fingerprint density at radius 1 is 1.26 bits per heavy atom. The predicted octanol–water partition coefficient (Wildman–Crippen LogP) is 4.71. The lowest BCUT2D eigenvalue weighted by Crippen LogP contribution is -2.14. The number of ether oxygens (including phenoxy) is 2. The zero-order valence-electron chi connectivity index (χ0n) is 15.7. The highest BCUT2D eigenvalue weighted by Crippen LogP contribution is 2.38. The van der Waals surface area contributed by atoms with E-state index in [1.54, 1.807) is 0 Å². The minimum atomic E-state index is -4.71. The first-order valence-electron chi connectivity index (χ1n) is 8.77. The molecule has 0 fully saturated rings. The van der Waals surface area contributed by atoms with Crippen molar-refractivity contribution in [3.05, 3.63) is 63.9 Å². The van der Waals surface area contributed by atoms with Gasteiger partial charge < -0.3 is 14.8 Å². The van der Waals surface area contributed by atoms with E-state index in [0.717, 1.165) is 4.68 Å². The first-order chi connectivity index (χ1) is 14.7. The van der Waals surface area contributed by atoms with E-state index >= 15 is 0 Å². The van der Waals surface area contributed by atoms with Gasteiger partial charge in [-0.25, -0.2) is 4.68 Å². The Morgan fingerprint density at radius 3 is 2.61 bits per heavy atom. The van der Waals surface area contributed by atoms with Crippen LogP contribution in [0.4, 0.5) is 18.9 Å². The van der Waals surface area contributed by atoms with Crippen LogP contribution in [0.3, 0.4) is 0 Å². The monoisotopic (exact) mass is 448 g/mol. The fourth-order valence-corrected chi connectivity index (χ4v) is 3.25. The number of benzene rings is 2. The first-order valence-corrected chi connectivity index (χ1v) is 9.14. The summed E-state index contributed by atoms with van der Waals surface area (Å²) in [6, 6.07) is 10.7. The number of carbonyl (C=O) groups excluding carboxylic acids is 1. The fourth-order valence-electron chi connectivity index (χ4n) is 3.03. The number of nitrogens with zero attached hydrogens (tertiary/aromatic N) is 3. The van der Waals surface area contributed by atoms with Crippen LogP contribution in [-0.4, -0.2) is 22.5 Å². The van der Waals surface area contributed by atoms with Gasteiger partial charge >= 0.3 is 6.18 Å². The molecule has 0 unspecified atom stereocenters. The molecule has 0 saturated heterocycles. The summed E-state index contributed by atoms with van der Waals surface area (Å²) in [6.07, 6.45) is -4.71. The summed E-state index contributed by atoms with van der Waals surface area (Å²) in [6.45, 7) is 1.40. The highest BCUT2D eigenvalue weighted by atomic mass is 35.5. The van der Waals surface area contributed by atoms with Crippen LogP contribution in [-0.2, 0) is 6.18 Å². The average Bonchev–Trinajstić information content (AvgIpc) is 3.31. The largest absolute Gasteiger partial charge is 0.454 e. The number of fused-ring (bicyclic) bond motifs is 1. The molecule has 3 aromatic rings. The van der Waals surface area contributed by atoms with Gasteiger partial charge in [-0.05, 0) is 25.1 Å². The van der Waals surface area contributed by atoms with Crippen molar-refractivity contribution in [2.45, 2.75) is 13.1 Å². The maximum atomic E-state index is 13.1. The molecule has 0 bridgehead atoms. The molecular weight excluding hydrogens is 437 g/mol. The van der Waals surface area contributed by atoms with Gasteiger partial charge in [0, 0.05) is 17.7 Å². The summed E-state index contributed by atoms with van der Waals surface area (Å²) in [7, 11) is 0. The molecule has 31 heavy (non-hydrogen) atoms. The van der Waals surface area contributed by atoms with E-state index in [4.69, 9.17) is 21.1 Å². The quantitative estimate of drug-likeness (QED) is 0.627. The third kappa shape index (κ3) is 3.75. The number of halogens is 4. The van der Waals surface area contributed by atoms with E-state index < -0.39 is 22.8 Å².